The summed E-state index contributed by atoms with van der Waals surface area (Å²) in [5.41, 5.74) is 1.48. The predicted octanol–water partition coefficient (Wildman–Crippen LogP) is 2.02. The van der Waals surface area contributed by atoms with Gasteiger partial charge in [-0.3, -0.25) is 14.2 Å². The lowest BCUT2D eigenvalue weighted by atomic mass is 10.0. The highest BCUT2D eigenvalue weighted by atomic mass is 32.2. The van der Waals surface area contributed by atoms with Crippen molar-refractivity contribution in [3.8, 4) is 11.5 Å². The molecular weight excluding hydrogens is 435 g/mol. The lowest BCUT2D eigenvalue weighted by Crippen LogP contribution is -2.64. The Morgan fingerprint density at radius 1 is 1.17 bits per heavy atom. The number of nitrogens with zero attached hydrogens (tertiary/aromatic N) is 1. The van der Waals surface area contributed by atoms with E-state index in [2.05, 4.69) is 0 Å². The number of rotatable bonds is 5. The molecule has 1 aliphatic heterocycles. The molecule has 1 amide bonds. The van der Waals surface area contributed by atoms with Crippen molar-refractivity contribution in [2.24, 2.45) is 0 Å². The van der Waals surface area contributed by atoms with E-state index >= 15 is 0 Å². The van der Waals surface area contributed by atoms with E-state index in [0.717, 1.165) is 4.31 Å². The van der Waals surface area contributed by atoms with Gasteiger partial charge in [0.25, 0.3) is 5.91 Å². The maximum atomic E-state index is 13.2. The first-order valence-electron chi connectivity index (χ1n) is 8.95. The van der Waals surface area contributed by atoms with Gasteiger partial charge >= 0.3 is 0 Å². The molecule has 2 atom stereocenters. The Morgan fingerprint density at radius 3 is 2.23 bits per heavy atom. The Bertz CT molecular complexity index is 1060. The molecular formula is C19H21FN2O6S2. The number of nitrogens with one attached hydrogen (secondary N) is 1. The maximum absolute atomic E-state index is 13.2. The Hall–Kier alpha value is -2.34. The second kappa shape index (κ2) is 8.42. The van der Waals surface area contributed by atoms with Crippen LogP contribution in [0.2, 0.25) is 0 Å². The normalized spacial score (nSPS) is 21.7. The number of halogens is 1. The van der Waals surface area contributed by atoms with Gasteiger partial charge in [-0.25, -0.2) is 18.3 Å². The zero-order chi connectivity index (χ0) is 22.1. The molecule has 0 spiro atoms. The third kappa shape index (κ3) is 4.24. The highest BCUT2D eigenvalue weighted by Crippen LogP contribution is 2.33. The molecule has 0 aliphatic carbocycles. The third-order valence-electron chi connectivity index (χ3n) is 4.87. The number of hydroxylamine groups is 1. The summed E-state index contributed by atoms with van der Waals surface area (Å²) in [6.07, 6.45) is 0. The molecule has 3 rings (SSSR count). The Labute approximate surface area is 176 Å². The van der Waals surface area contributed by atoms with E-state index in [4.69, 9.17) is 9.94 Å². The molecule has 0 radical (unpaired) electrons. The summed E-state index contributed by atoms with van der Waals surface area (Å²) in [5.74, 6) is -0.575. The lowest BCUT2D eigenvalue weighted by molar-refractivity contribution is -0.134. The standard InChI is InChI=1S/C19H21FN2O6S2/c1-19(2)17(18(23)21-24)22(11-12-29(19)25)30(26,27)16-9-7-15(8-10-16)28-14-5-3-13(20)4-6-14/h3-10,17,24H,11-12H2,1-2H3,(H,21,23)/t17-,29+/m0/s1. The van der Waals surface area contributed by atoms with E-state index < -0.39 is 43.3 Å². The van der Waals surface area contributed by atoms with Gasteiger partial charge in [0, 0.05) is 23.1 Å². The van der Waals surface area contributed by atoms with E-state index in [1.54, 1.807) is 0 Å². The van der Waals surface area contributed by atoms with Crippen LogP contribution in [0.5, 0.6) is 11.5 Å². The molecule has 2 N–H and O–H groups in total. The number of benzene rings is 2. The van der Waals surface area contributed by atoms with Crippen LogP contribution in [0.3, 0.4) is 0 Å². The van der Waals surface area contributed by atoms with Crippen LogP contribution in [0, 0.1) is 5.82 Å². The van der Waals surface area contributed by atoms with Crippen LogP contribution in [0.4, 0.5) is 4.39 Å². The molecule has 0 aromatic heterocycles. The fourth-order valence-corrected chi connectivity index (χ4v) is 6.53. The minimum Gasteiger partial charge on any atom is -0.457 e. The van der Waals surface area contributed by atoms with Crippen LogP contribution in [0.1, 0.15) is 13.8 Å². The molecule has 30 heavy (non-hydrogen) atoms. The molecule has 1 heterocycles. The van der Waals surface area contributed by atoms with E-state index in [1.165, 1.54) is 67.9 Å². The van der Waals surface area contributed by atoms with Crippen molar-refractivity contribution in [2.45, 2.75) is 29.5 Å². The molecule has 11 heteroatoms. The number of ether oxygens (including phenoxy) is 1. The van der Waals surface area contributed by atoms with Crippen molar-refractivity contribution in [1.29, 1.82) is 0 Å². The summed E-state index contributed by atoms with van der Waals surface area (Å²) >= 11 is 0. The first-order valence-corrected chi connectivity index (χ1v) is 11.7. The third-order valence-corrected chi connectivity index (χ3v) is 8.70. The van der Waals surface area contributed by atoms with Crippen LogP contribution in [-0.2, 0) is 25.6 Å². The van der Waals surface area contributed by atoms with E-state index in [0.29, 0.717) is 11.5 Å². The monoisotopic (exact) mass is 456 g/mol. The molecule has 162 valence electrons. The van der Waals surface area contributed by atoms with Gasteiger partial charge in [-0.05, 0) is 62.4 Å². The number of hydrogen-bond acceptors (Lipinski definition) is 6. The molecule has 1 aliphatic rings. The zero-order valence-electron chi connectivity index (χ0n) is 16.2. The minimum absolute atomic E-state index is 0.0627. The first kappa shape index (κ1) is 22.3. The van der Waals surface area contributed by atoms with Crippen molar-refractivity contribution in [3.05, 3.63) is 54.3 Å². The Morgan fingerprint density at radius 2 is 1.70 bits per heavy atom. The first-order chi connectivity index (χ1) is 14.1. The van der Waals surface area contributed by atoms with Gasteiger partial charge in [0.05, 0.1) is 9.64 Å². The van der Waals surface area contributed by atoms with Gasteiger partial charge < -0.3 is 4.74 Å². The van der Waals surface area contributed by atoms with E-state index in [9.17, 15) is 21.8 Å². The quantitative estimate of drug-likeness (QED) is 0.526. The average molecular weight is 457 g/mol. The van der Waals surface area contributed by atoms with Crippen LogP contribution in [-0.4, -0.2) is 51.1 Å². The van der Waals surface area contributed by atoms with Gasteiger partial charge in [0.15, 0.2) is 0 Å². The zero-order valence-corrected chi connectivity index (χ0v) is 17.9. The van der Waals surface area contributed by atoms with Crippen molar-refractivity contribution < 1.29 is 31.8 Å². The molecule has 2 aromatic rings. The second-order valence-corrected chi connectivity index (χ2v) is 11.2. The van der Waals surface area contributed by atoms with Crippen molar-refractivity contribution in [3.63, 3.8) is 0 Å². The molecule has 0 unspecified atom stereocenters. The topological polar surface area (TPSA) is 113 Å². The summed E-state index contributed by atoms with van der Waals surface area (Å²) in [6, 6.07) is 9.51. The second-order valence-electron chi connectivity index (χ2n) is 7.17. The van der Waals surface area contributed by atoms with Gasteiger partial charge in [0.1, 0.15) is 23.4 Å². The number of carbonyl (C=O) groups excluding carboxylic acids is 1. The summed E-state index contributed by atoms with van der Waals surface area (Å²) in [4.78, 5) is 12.2. The average Bonchev–Trinajstić information content (AvgIpc) is 2.71. The number of amides is 1. The van der Waals surface area contributed by atoms with Crippen LogP contribution in [0.25, 0.3) is 0 Å². The summed E-state index contributed by atoms with van der Waals surface area (Å²) in [7, 11) is -5.60. The SMILES string of the molecule is CC1(C)[C@H](C(=O)NO)N(S(=O)(=O)c2ccc(Oc3ccc(F)cc3)cc2)CC[S@]1=O. The van der Waals surface area contributed by atoms with E-state index in [-0.39, 0.29) is 17.2 Å². The number of sulfonamides is 1. The van der Waals surface area contributed by atoms with Gasteiger partial charge in [-0.2, -0.15) is 4.31 Å². The maximum Gasteiger partial charge on any atom is 0.263 e. The summed E-state index contributed by atoms with van der Waals surface area (Å²) < 4.78 is 57.1. The fraction of sp³-hybridized carbons (Fsp3) is 0.316. The minimum atomic E-state index is -4.13. The lowest BCUT2D eigenvalue weighted by Gasteiger charge is -2.42. The van der Waals surface area contributed by atoms with Crippen molar-refractivity contribution in [2.75, 3.05) is 12.3 Å². The summed E-state index contributed by atoms with van der Waals surface area (Å²) in [6.45, 7) is 2.90. The van der Waals surface area contributed by atoms with Gasteiger partial charge in [-0.1, -0.05) is 0 Å². The number of hydrogen-bond donors (Lipinski definition) is 2. The van der Waals surface area contributed by atoms with Crippen LogP contribution >= 0.6 is 0 Å². The molecule has 1 fully saturated rings. The highest BCUT2D eigenvalue weighted by molar-refractivity contribution is 7.90. The summed E-state index contributed by atoms with van der Waals surface area (Å²) in [5, 5.41) is 9.09. The molecule has 1 saturated heterocycles. The molecule has 2 aromatic carbocycles. The highest BCUT2D eigenvalue weighted by Gasteiger charge is 2.51. The molecule has 0 bridgehead atoms. The van der Waals surface area contributed by atoms with Crippen molar-refractivity contribution in [1.82, 2.24) is 9.79 Å². The van der Waals surface area contributed by atoms with Crippen molar-refractivity contribution >= 4 is 26.7 Å². The fourth-order valence-electron chi connectivity index (χ4n) is 3.26. The van der Waals surface area contributed by atoms with Crippen LogP contribution < -0.4 is 10.2 Å². The largest absolute Gasteiger partial charge is 0.457 e. The molecule has 0 saturated carbocycles. The number of carbonyl (C=O) groups is 1. The van der Waals surface area contributed by atoms with Gasteiger partial charge in [-0.15, -0.1) is 0 Å². The predicted molar refractivity (Wildman–Crippen MR) is 108 cm³/mol. The molecule has 8 nitrogen and oxygen atoms in total. The van der Waals surface area contributed by atoms with Gasteiger partial charge in [0.2, 0.25) is 10.0 Å². The van der Waals surface area contributed by atoms with Crippen LogP contribution in [0.15, 0.2) is 53.4 Å². The smallest absolute Gasteiger partial charge is 0.263 e. The van der Waals surface area contributed by atoms with E-state index in [1.807, 2.05) is 0 Å². The Balaban J connectivity index is 1.89. The Kier molecular flexibility index (Phi) is 6.27.